The van der Waals surface area contributed by atoms with Crippen LogP contribution in [0.2, 0.25) is 0 Å². The predicted octanol–water partition coefficient (Wildman–Crippen LogP) is 3.28. The van der Waals surface area contributed by atoms with Crippen molar-refractivity contribution in [1.82, 2.24) is 5.32 Å². The minimum Gasteiger partial charge on any atom is -0.329 e. The summed E-state index contributed by atoms with van der Waals surface area (Å²) >= 11 is 7.00. The number of nitrogens with one attached hydrogen (secondary N) is 1. The lowest BCUT2D eigenvalue weighted by atomic mass is 10.0. The Bertz CT molecular complexity index is 340. The van der Waals surface area contributed by atoms with Gasteiger partial charge in [-0.05, 0) is 23.6 Å². The highest BCUT2D eigenvalue weighted by atomic mass is 79.9. The van der Waals surface area contributed by atoms with Crippen LogP contribution >= 0.6 is 31.9 Å². The molecule has 16 heavy (non-hydrogen) atoms. The third-order valence-corrected chi connectivity index (χ3v) is 3.86. The Balaban J connectivity index is 2.60. The largest absolute Gasteiger partial charge is 0.329 e. The Morgan fingerprint density at radius 3 is 2.50 bits per heavy atom. The molecule has 0 aliphatic heterocycles. The molecule has 0 fully saturated rings. The van der Waals surface area contributed by atoms with E-state index in [1.165, 1.54) is 5.56 Å². The Hall–Kier alpha value is 0.1000. The fraction of sp³-hybridized carbons (Fsp3) is 0.500. The van der Waals surface area contributed by atoms with E-state index in [9.17, 15) is 0 Å². The van der Waals surface area contributed by atoms with Crippen LogP contribution in [0, 0.1) is 5.92 Å². The number of hydrogen-bond donors (Lipinski definition) is 2. The van der Waals surface area contributed by atoms with Gasteiger partial charge in [0.1, 0.15) is 0 Å². The van der Waals surface area contributed by atoms with E-state index < -0.39 is 0 Å². The Morgan fingerprint density at radius 1 is 1.31 bits per heavy atom. The molecule has 0 spiro atoms. The molecular weight excluding hydrogens is 332 g/mol. The van der Waals surface area contributed by atoms with E-state index in [4.69, 9.17) is 5.73 Å². The van der Waals surface area contributed by atoms with Gasteiger partial charge in [-0.3, -0.25) is 0 Å². The molecule has 0 bridgehead atoms. The first-order valence-corrected chi connectivity index (χ1v) is 7.00. The molecule has 1 aromatic carbocycles. The van der Waals surface area contributed by atoms with Gasteiger partial charge in [0.2, 0.25) is 0 Å². The maximum absolute atomic E-state index is 5.72. The summed E-state index contributed by atoms with van der Waals surface area (Å²) in [6, 6.07) is 6.59. The zero-order valence-electron chi connectivity index (χ0n) is 9.63. The Kier molecular flexibility index (Phi) is 5.97. The van der Waals surface area contributed by atoms with Crippen LogP contribution in [0.3, 0.4) is 0 Å². The second kappa shape index (κ2) is 6.74. The van der Waals surface area contributed by atoms with Gasteiger partial charge in [-0.15, -0.1) is 0 Å². The third kappa shape index (κ3) is 4.17. The zero-order valence-corrected chi connectivity index (χ0v) is 12.8. The van der Waals surface area contributed by atoms with Crippen molar-refractivity contribution in [2.24, 2.45) is 11.7 Å². The smallest absolute Gasteiger partial charge is 0.0231 e. The maximum Gasteiger partial charge on any atom is 0.0231 e. The summed E-state index contributed by atoms with van der Waals surface area (Å²) in [5.74, 6) is 0.555. The molecule has 2 nitrogen and oxygen atoms in total. The van der Waals surface area contributed by atoms with Gasteiger partial charge in [-0.25, -0.2) is 0 Å². The molecule has 1 rings (SSSR count). The number of rotatable bonds is 5. The molecule has 0 amide bonds. The van der Waals surface area contributed by atoms with Gasteiger partial charge in [0, 0.05) is 28.1 Å². The molecule has 1 unspecified atom stereocenters. The summed E-state index contributed by atoms with van der Waals surface area (Å²) in [7, 11) is 0. The average molecular weight is 350 g/mol. The van der Waals surface area contributed by atoms with Crippen molar-refractivity contribution in [2.45, 2.75) is 26.4 Å². The summed E-state index contributed by atoms with van der Waals surface area (Å²) in [6.45, 7) is 5.88. The van der Waals surface area contributed by atoms with E-state index in [1.54, 1.807) is 0 Å². The van der Waals surface area contributed by atoms with Crippen LogP contribution in [-0.2, 0) is 6.54 Å². The van der Waals surface area contributed by atoms with E-state index in [0.29, 0.717) is 18.5 Å². The summed E-state index contributed by atoms with van der Waals surface area (Å²) in [5.41, 5.74) is 6.97. The number of benzene rings is 1. The van der Waals surface area contributed by atoms with Crippen LogP contribution in [0.25, 0.3) is 0 Å². The van der Waals surface area contributed by atoms with Crippen molar-refractivity contribution in [3.63, 3.8) is 0 Å². The van der Waals surface area contributed by atoms with Crippen LogP contribution in [0.4, 0.5) is 0 Å². The fourth-order valence-corrected chi connectivity index (χ4v) is 2.68. The average Bonchev–Trinajstić information content (AvgIpc) is 2.21. The molecule has 0 radical (unpaired) electrons. The second-order valence-corrected chi connectivity index (χ2v) is 5.97. The lowest BCUT2D eigenvalue weighted by molar-refractivity contribution is 0.404. The van der Waals surface area contributed by atoms with E-state index in [1.807, 2.05) is 0 Å². The number of halogens is 2. The van der Waals surface area contributed by atoms with E-state index in [0.717, 1.165) is 15.5 Å². The van der Waals surface area contributed by atoms with Crippen molar-refractivity contribution in [3.8, 4) is 0 Å². The van der Waals surface area contributed by atoms with Gasteiger partial charge >= 0.3 is 0 Å². The van der Waals surface area contributed by atoms with Crippen LogP contribution in [0.5, 0.6) is 0 Å². The van der Waals surface area contributed by atoms with E-state index >= 15 is 0 Å². The third-order valence-electron chi connectivity index (χ3n) is 2.63. The van der Waals surface area contributed by atoms with E-state index in [2.05, 4.69) is 69.2 Å². The lowest BCUT2D eigenvalue weighted by Crippen LogP contribution is -2.39. The zero-order chi connectivity index (χ0) is 12.1. The number of nitrogens with two attached hydrogens (primary N) is 1. The van der Waals surface area contributed by atoms with E-state index in [-0.39, 0.29) is 0 Å². The molecule has 0 aromatic heterocycles. The Morgan fingerprint density at radius 2 is 2.00 bits per heavy atom. The summed E-state index contributed by atoms with van der Waals surface area (Å²) < 4.78 is 2.20. The highest BCUT2D eigenvalue weighted by molar-refractivity contribution is 9.11. The van der Waals surface area contributed by atoms with Crippen LogP contribution < -0.4 is 11.1 Å². The molecule has 0 aliphatic rings. The molecule has 1 atom stereocenters. The van der Waals surface area contributed by atoms with Crippen LogP contribution in [-0.4, -0.2) is 12.6 Å². The summed E-state index contributed by atoms with van der Waals surface area (Å²) in [5, 5.41) is 3.48. The Labute approximate surface area is 114 Å². The monoisotopic (exact) mass is 348 g/mol. The SMILES string of the molecule is CC(C)C(CN)NCc1ccc(Br)cc1Br. The van der Waals surface area contributed by atoms with Gasteiger partial charge in [-0.1, -0.05) is 51.8 Å². The van der Waals surface area contributed by atoms with Gasteiger partial charge in [-0.2, -0.15) is 0 Å². The predicted molar refractivity (Wildman–Crippen MR) is 76.4 cm³/mol. The molecule has 3 N–H and O–H groups in total. The molecule has 90 valence electrons. The van der Waals surface area contributed by atoms with Gasteiger partial charge in [0.25, 0.3) is 0 Å². The first-order valence-electron chi connectivity index (χ1n) is 5.42. The maximum atomic E-state index is 5.72. The summed E-state index contributed by atoms with van der Waals surface area (Å²) in [4.78, 5) is 0. The van der Waals surface area contributed by atoms with Crippen LogP contribution in [0.1, 0.15) is 19.4 Å². The molecule has 0 aliphatic carbocycles. The minimum atomic E-state index is 0.371. The van der Waals surface area contributed by atoms with Crippen molar-refractivity contribution in [2.75, 3.05) is 6.54 Å². The fourth-order valence-electron chi connectivity index (χ4n) is 1.50. The van der Waals surface area contributed by atoms with Crippen molar-refractivity contribution in [1.29, 1.82) is 0 Å². The van der Waals surface area contributed by atoms with Crippen molar-refractivity contribution < 1.29 is 0 Å². The quantitative estimate of drug-likeness (QED) is 0.856. The van der Waals surface area contributed by atoms with Gasteiger partial charge in [0.05, 0.1) is 0 Å². The molecule has 1 aromatic rings. The summed E-state index contributed by atoms with van der Waals surface area (Å²) in [6.07, 6.45) is 0. The topological polar surface area (TPSA) is 38.0 Å². The second-order valence-electron chi connectivity index (χ2n) is 4.20. The standard InChI is InChI=1S/C12H18Br2N2/c1-8(2)12(6-15)16-7-9-3-4-10(13)5-11(9)14/h3-5,8,12,16H,6-7,15H2,1-2H3. The highest BCUT2D eigenvalue weighted by Crippen LogP contribution is 2.22. The van der Waals surface area contributed by atoms with Crippen molar-refractivity contribution in [3.05, 3.63) is 32.7 Å². The molecule has 0 saturated heterocycles. The molecule has 0 heterocycles. The van der Waals surface area contributed by atoms with Crippen molar-refractivity contribution >= 4 is 31.9 Å². The first kappa shape index (κ1) is 14.2. The van der Waals surface area contributed by atoms with Gasteiger partial charge < -0.3 is 11.1 Å². The normalized spacial score (nSPS) is 13.1. The number of hydrogen-bond acceptors (Lipinski definition) is 2. The van der Waals surface area contributed by atoms with Crippen LogP contribution in [0.15, 0.2) is 27.1 Å². The molecule has 4 heteroatoms. The highest BCUT2D eigenvalue weighted by Gasteiger charge is 2.10. The van der Waals surface area contributed by atoms with Gasteiger partial charge in [0.15, 0.2) is 0 Å². The molecular formula is C12H18Br2N2. The molecule has 0 saturated carbocycles. The first-order chi connectivity index (χ1) is 7.54. The lowest BCUT2D eigenvalue weighted by Gasteiger charge is -2.21. The minimum absolute atomic E-state index is 0.371.